The lowest BCUT2D eigenvalue weighted by atomic mass is 10.2. The van der Waals surface area contributed by atoms with Crippen LogP contribution in [-0.2, 0) is 6.54 Å². The van der Waals surface area contributed by atoms with Gasteiger partial charge in [0, 0.05) is 30.5 Å². The van der Waals surface area contributed by atoms with E-state index in [2.05, 4.69) is 16.4 Å². The van der Waals surface area contributed by atoms with E-state index < -0.39 is 0 Å². The van der Waals surface area contributed by atoms with Gasteiger partial charge in [-0.2, -0.15) is 5.26 Å². The van der Waals surface area contributed by atoms with E-state index in [1.54, 1.807) is 6.20 Å². The standard InChI is InChI=1S/C10H11N3O.2ClH/c1-7-6-14-10-8(2-11)3-12-4-9(10)5-13-7;;/h3-4,7,13H,5-6H2,1H3;2*1H/t7-;;/m1../s1. The number of hydrogen-bond acceptors (Lipinski definition) is 4. The highest BCUT2D eigenvalue weighted by molar-refractivity contribution is 5.85. The number of nitrogens with zero attached hydrogens (tertiary/aromatic N) is 2. The van der Waals surface area contributed by atoms with Gasteiger partial charge in [0.1, 0.15) is 24.0 Å². The van der Waals surface area contributed by atoms with E-state index in [1.807, 2.05) is 6.92 Å². The molecule has 0 radical (unpaired) electrons. The zero-order chi connectivity index (χ0) is 9.97. The molecule has 0 amide bonds. The summed E-state index contributed by atoms with van der Waals surface area (Å²) in [7, 11) is 0. The largest absolute Gasteiger partial charge is 0.490 e. The summed E-state index contributed by atoms with van der Waals surface area (Å²) in [6, 6.07) is 2.38. The summed E-state index contributed by atoms with van der Waals surface area (Å²) in [6.07, 6.45) is 3.27. The van der Waals surface area contributed by atoms with Crippen LogP contribution in [-0.4, -0.2) is 17.6 Å². The van der Waals surface area contributed by atoms with Crippen LogP contribution in [0.2, 0.25) is 0 Å². The molecule has 88 valence electrons. The minimum absolute atomic E-state index is 0. The molecule has 0 unspecified atom stereocenters. The highest BCUT2D eigenvalue weighted by Gasteiger charge is 2.16. The fourth-order valence-corrected chi connectivity index (χ4v) is 1.42. The molecule has 0 aromatic carbocycles. The Bertz CT molecular complexity index is 392. The molecule has 0 spiro atoms. The van der Waals surface area contributed by atoms with E-state index in [0.717, 1.165) is 5.56 Å². The number of halogens is 2. The Morgan fingerprint density at radius 2 is 2.25 bits per heavy atom. The Morgan fingerprint density at radius 3 is 2.94 bits per heavy atom. The summed E-state index contributed by atoms with van der Waals surface area (Å²) < 4.78 is 5.56. The number of nitrogens with one attached hydrogen (secondary N) is 1. The van der Waals surface area contributed by atoms with Gasteiger partial charge in [-0.25, -0.2) is 0 Å². The molecule has 4 nitrogen and oxygen atoms in total. The fraction of sp³-hybridized carbons (Fsp3) is 0.400. The van der Waals surface area contributed by atoms with E-state index in [4.69, 9.17) is 10.00 Å². The molecule has 1 N–H and O–H groups in total. The first-order chi connectivity index (χ1) is 6.81. The molecule has 1 aromatic heterocycles. The smallest absolute Gasteiger partial charge is 0.144 e. The van der Waals surface area contributed by atoms with E-state index in [9.17, 15) is 0 Å². The van der Waals surface area contributed by atoms with Gasteiger partial charge in [0.25, 0.3) is 0 Å². The van der Waals surface area contributed by atoms with Gasteiger partial charge in [0.05, 0.1) is 0 Å². The summed E-state index contributed by atoms with van der Waals surface area (Å²) in [6.45, 7) is 3.34. The quantitative estimate of drug-likeness (QED) is 0.772. The van der Waals surface area contributed by atoms with Crippen molar-refractivity contribution in [1.29, 1.82) is 5.26 Å². The first-order valence-electron chi connectivity index (χ1n) is 4.54. The second-order valence-electron chi connectivity index (χ2n) is 3.38. The van der Waals surface area contributed by atoms with Crippen LogP contribution in [0.4, 0.5) is 0 Å². The summed E-state index contributed by atoms with van der Waals surface area (Å²) in [4.78, 5) is 3.99. The minimum Gasteiger partial charge on any atom is -0.490 e. The molecule has 1 atom stereocenters. The summed E-state index contributed by atoms with van der Waals surface area (Å²) in [5.41, 5.74) is 1.46. The zero-order valence-electron chi connectivity index (χ0n) is 8.77. The third kappa shape index (κ3) is 2.99. The second-order valence-corrected chi connectivity index (χ2v) is 3.38. The molecule has 16 heavy (non-hydrogen) atoms. The monoisotopic (exact) mass is 261 g/mol. The highest BCUT2D eigenvalue weighted by atomic mass is 35.5. The first kappa shape index (κ1) is 15.0. The van der Waals surface area contributed by atoms with Gasteiger partial charge < -0.3 is 10.1 Å². The molecule has 0 saturated carbocycles. The normalized spacial score (nSPS) is 17.6. The maximum Gasteiger partial charge on any atom is 0.144 e. The molecule has 1 aliphatic heterocycles. The van der Waals surface area contributed by atoms with Crippen LogP contribution < -0.4 is 10.1 Å². The number of nitriles is 1. The minimum atomic E-state index is 0. The predicted molar refractivity (Wildman–Crippen MR) is 65.2 cm³/mol. The summed E-state index contributed by atoms with van der Waals surface area (Å²) in [5, 5.41) is 12.1. The molecule has 2 rings (SSSR count). The summed E-state index contributed by atoms with van der Waals surface area (Å²) in [5.74, 6) is 0.680. The fourth-order valence-electron chi connectivity index (χ4n) is 1.42. The van der Waals surface area contributed by atoms with Crippen molar-refractivity contribution >= 4 is 24.8 Å². The molecule has 0 aliphatic carbocycles. The molecule has 2 heterocycles. The van der Waals surface area contributed by atoms with E-state index in [-0.39, 0.29) is 24.8 Å². The van der Waals surface area contributed by atoms with Gasteiger partial charge in [-0.05, 0) is 6.92 Å². The third-order valence-corrected chi connectivity index (χ3v) is 2.21. The van der Waals surface area contributed by atoms with E-state index in [1.165, 1.54) is 6.20 Å². The van der Waals surface area contributed by atoms with Crippen LogP contribution in [0.5, 0.6) is 5.75 Å². The average Bonchev–Trinajstić information content (AvgIpc) is 2.41. The molecule has 0 saturated heterocycles. The molecular formula is C10H13Cl2N3O. The van der Waals surface area contributed by atoms with Crippen LogP contribution in [0.3, 0.4) is 0 Å². The number of ether oxygens (including phenoxy) is 1. The lowest BCUT2D eigenvalue weighted by Crippen LogP contribution is -2.28. The van der Waals surface area contributed by atoms with Crippen LogP contribution in [0.25, 0.3) is 0 Å². The molecule has 6 heteroatoms. The number of rotatable bonds is 0. The Kier molecular flexibility index (Phi) is 6.12. The van der Waals surface area contributed by atoms with Gasteiger partial charge in [0.15, 0.2) is 0 Å². The number of aromatic nitrogens is 1. The zero-order valence-corrected chi connectivity index (χ0v) is 10.4. The molecule has 1 aromatic rings. The van der Waals surface area contributed by atoms with E-state index in [0.29, 0.717) is 30.5 Å². The maximum absolute atomic E-state index is 8.86. The number of fused-ring (bicyclic) bond motifs is 1. The first-order valence-corrected chi connectivity index (χ1v) is 4.54. The van der Waals surface area contributed by atoms with Crippen LogP contribution in [0, 0.1) is 11.3 Å². The van der Waals surface area contributed by atoms with Crippen molar-refractivity contribution in [3.63, 3.8) is 0 Å². The van der Waals surface area contributed by atoms with Crippen LogP contribution >= 0.6 is 24.8 Å². The van der Waals surface area contributed by atoms with Crippen molar-refractivity contribution in [1.82, 2.24) is 10.3 Å². The maximum atomic E-state index is 8.86. The molecule has 1 aliphatic rings. The second kappa shape index (κ2) is 6.54. The van der Waals surface area contributed by atoms with Gasteiger partial charge in [0.2, 0.25) is 0 Å². The third-order valence-electron chi connectivity index (χ3n) is 2.21. The lowest BCUT2D eigenvalue weighted by molar-refractivity contribution is 0.286. The Labute approximate surface area is 107 Å². The number of pyridine rings is 1. The molecular weight excluding hydrogens is 249 g/mol. The highest BCUT2D eigenvalue weighted by Crippen LogP contribution is 2.24. The lowest BCUT2D eigenvalue weighted by Gasteiger charge is -2.08. The van der Waals surface area contributed by atoms with Crippen molar-refractivity contribution in [2.45, 2.75) is 19.5 Å². The van der Waals surface area contributed by atoms with Gasteiger partial charge >= 0.3 is 0 Å². The Morgan fingerprint density at radius 1 is 1.50 bits per heavy atom. The van der Waals surface area contributed by atoms with Gasteiger partial charge in [-0.3, -0.25) is 4.98 Å². The van der Waals surface area contributed by atoms with Crippen molar-refractivity contribution in [3.8, 4) is 11.8 Å². The Hall–Kier alpha value is -1.02. The van der Waals surface area contributed by atoms with Gasteiger partial charge in [-0.1, -0.05) is 0 Å². The predicted octanol–water partition coefficient (Wildman–Crippen LogP) is 1.67. The van der Waals surface area contributed by atoms with Crippen molar-refractivity contribution in [3.05, 3.63) is 23.5 Å². The average molecular weight is 262 g/mol. The number of hydrogen-bond donors (Lipinski definition) is 1. The summed E-state index contributed by atoms with van der Waals surface area (Å²) >= 11 is 0. The van der Waals surface area contributed by atoms with Crippen LogP contribution in [0.1, 0.15) is 18.1 Å². The van der Waals surface area contributed by atoms with E-state index >= 15 is 0 Å². The SMILES string of the molecule is C[C@@H]1COc2c(C#N)cncc2CN1.Cl.Cl. The van der Waals surface area contributed by atoms with Crippen molar-refractivity contribution in [2.24, 2.45) is 0 Å². The molecule has 0 fully saturated rings. The molecule has 0 bridgehead atoms. The Balaban J connectivity index is 0.00000112. The van der Waals surface area contributed by atoms with Crippen LogP contribution in [0.15, 0.2) is 12.4 Å². The topological polar surface area (TPSA) is 57.9 Å². The van der Waals surface area contributed by atoms with Gasteiger partial charge in [-0.15, -0.1) is 24.8 Å². The van der Waals surface area contributed by atoms with Crippen molar-refractivity contribution < 1.29 is 4.74 Å². The van der Waals surface area contributed by atoms with Crippen molar-refractivity contribution in [2.75, 3.05) is 6.61 Å².